The second kappa shape index (κ2) is 8.11. The van der Waals surface area contributed by atoms with Gasteiger partial charge in [-0.25, -0.2) is 4.79 Å². The molecule has 2 unspecified atom stereocenters. The Balaban J connectivity index is 1.99. The lowest BCUT2D eigenvalue weighted by Gasteiger charge is -2.20. The van der Waals surface area contributed by atoms with Crippen LogP contribution in [-0.2, 0) is 9.36 Å². The molecule has 0 bridgehead atoms. The van der Waals surface area contributed by atoms with E-state index in [9.17, 15) is 19.6 Å². The summed E-state index contributed by atoms with van der Waals surface area (Å²) >= 11 is 1.43. The molecule has 2 rings (SSSR count). The fourth-order valence-corrected chi connectivity index (χ4v) is 5.40. The van der Waals surface area contributed by atoms with Gasteiger partial charge in [-0.3, -0.25) is 0 Å². The molecule has 0 fully saturated rings. The van der Waals surface area contributed by atoms with Crippen molar-refractivity contribution in [3.8, 4) is 0 Å². The first-order valence-electron chi connectivity index (χ1n) is 7.79. The van der Waals surface area contributed by atoms with Gasteiger partial charge in [-0.1, -0.05) is 60.5 Å². The van der Waals surface area contributed by atoms with Crippen molar-refractivity contribution in [1.29, 1.82) is 0 Å². The lowest BCUT2D eigenvalue weighted by atomic mass is 9.94. The van der Waals surface area contributed by atoms with Crippen molar-refractivity contribution in [2.45, 2.75) is 30.8 Å². The molecule has 0 spiro atoms. The lowest BCUT2D eigenvalue weighted by molar-refractivity contribution is -0.157. The Kier molecular flexibility index (Phi) is 6.39. The topological polar surface area (TPSA) is 74.6 Å². The number of thioether (sulfide) groups is 1. The van der Waals surface area contributed by atoms with E-state index in [0.29, 0.717) is 5.49 Å². The number of aliphatic hydroxyl groups is 1. The van der Waals surface area contributed by atoms with Gasteiger partial charge < -0.3 is 10.2 Å². The molecule has 4 nitrogen and oxygen atoms in total. The minimum Gasteiger partial charge on any atom is -0.479 e. The highest BCUT2D eigenvalue weighted by atomic mass is 32.2. The maximum Gasteiger partial charge on any atom is 0.353 e. The van der Waals surface area contributed by atoms with Crippen molar-refractivity contribution in [3.63, 3.8) is 0 Å². The van der Waals surface area contributed by atoms with Gasteiger partial charge >= 0.3 is 13.8 Å². The molecule has 2 N–H and O–H groups in total. The van der Waals surface area contributed by atoms with Crippen LogP contribution in [0, 0.1) is 5.92 Å². The van der Waals surface area contributed by atoms with Gasteiger partial charge in [-0.05, 0) is 35.2 Å². The van der Waals surface area contributed by atoms with Crippen molar-refractivity contribution in [2.75, 3.05) is 11.7 Å². The van der Waals surface area contributed by atoms with Crippen LogP contribution in [0.4, 0.5) is 0 Å². The molecule has 0 aliphatic rings. The van der Waals surface area contributed by atoms with Crippen LogP contribution in [0.3, 0.4) is 0 Å². The quantitative estimate of drug-likeness (QED) is 0.529. The SMILES string of the molecule is CC(C)CC(O)(C[P+](=O)CSc1ccc2ccccc2c1)C(=O)O. The van der Waals surface area contributed by atoms with Gasteiger partial charge in [0.2, 0.25) is 5.60 Å². The molecule has 0 amide bonds. The van der Waals surface area contributed by atoms with Crippen LogP contribution in [0.25, 0.3) is 10.8 Å². The highest BCUT2D eigenvalue weighted by molar-refractivity contribution is 8.03. The summed E-state index contributed by atoms with van der Waals surface area (Å²) in [5.74, 6) is -1.28. The zero-order valence-electron chi connectivity index (χ0n) is 13.8. The summed E-state index contributed by atoms with van der Waals surface area (Å²) in [5, 5.41) is 21.8. The van der Waals surface area contributed by atoms with Crippen LogP contribution in [-0.4, -0.2) is 33.4 Å². The molecule has 0 aliphatic carbocycles. The first kappa shape index (κ1) is 18.9. The van der Waals surface area contributed by atoms with E-state index in [1.165, 1.54) is 11.8 Å². The van der Waals surface area contributed by atoms with E-state index in [1.54, 1.807) is 0 Å². The highest BCUT2D eigenvalue weighted by Crippen LogP contribution is 2.37. The molecule has 6 heteroatoms. The Morgan fingerprint density at radius 2 is 1.88 bits per heavy atom. The molecule has 0 saturated carbocycles. The number of hydrogen-bond donors (Lipinski definition) is 2. The van der Waals surface area contributed by atoms with E-state index < -0.39 is 19.4 Å². The van der Waals surface area contributed by atoms with E-state index in [-0.39, 0.29) is 18.5 Å². The first-order valence-corrected chi connectivity index (χ1v) is 10.4. The minimum absolute atomic E-state index is 0.0163. The maximum absolute atomic E-state index is 12.3. The number of carboxylic acid groups (broad SMARTS) is 1. The molecule has 0 aromatic heterocycles. The molecule has 2 aromatic rings. The molecule has 0 aliphatic heterocycles. The zero-order valence-corrected chi connectivity index (χ0v) is 15.5. The number of aliphatic carboxylic acids is 1. The largest absolute Gasteiger partial charge is 0.479 e. The summed E-state index contributed by atoms with van der Waals surface area (Å²) in [4.78, 5) is 12.3. The van der Waals surface area contributed by atoms with Gasteiger partial charge in [-0.15, -0.1) is 0 Å². The predicted molar refractivity (Wildman–Crippen MR) is 99.2 cm³/mol. The Bertz CT molecular complexity index is 747. The maximum atomic E-state index is 12.3. The molecule has 128 valence electrons. The van der Waals surface area contributed by atoms with Crippen LogP contribution in [0.2, 0.25) is 0 Å². The van der Waals surface area contributed by atoms with Gasteiger partial charge in [-0.2, -0.15) is 0 Å². The van der Waals surface area contributed by atoms with E-state index in [2.05, 4.69) is 0 Å². The van der Waals surface area contributed by atoms with Gasteiger partial charge in [0.25, 0.3) is 0 Å². The smallest absolute Gasteiger partial charge is 0.353 e. The number of carboxylic acids is 1. The number of benzene rings is 2. The zero-order chi connectivity index (χ0) is 17.7. The van der Waals surface area contributed by atoms with E-state index >= 15 is 0 Å². The Labute approximate surface area is 147 Å². The summed E-state index contributed by atoms with van der Waals surface area (Å²) in [7, 11) is -1.82. The summed E-state index contributed by atoms with van der Waals surface area (Å²) in [6, 6.07) is 14.0. The summed E-state index contributed by atoms with van der Waals surface area (Å²) in [6.45, 7) is 3.68. The first-order chi connectivity index (χ1) is 11.3. The molecule has 2 atom stereocenters. The third-order valence-corrected chi connectivity index (χ3v) is 6.81. The Morgan fingerprint density at radius 1 is 1.21 bits per heavy atom. The highest BCUT2D eigenvalue weighted by Gasteiger charge is 2.44. The monoisotopic (exact) mass is 365 g/mol. The van der Waals surface area contributed by atoms with E-state index in [0.717, 1.165) is 15.7 Å². The van der Waals surface area contributed by atoms with Crippen LogP contribution in [0.15, 0.2) is 47.4 Å². The molecule has 0 saturated heterocycles. The molecular formula is C18H22O4PS+. The van der Waals surface area contributed by atoms with Crippen molar-refractivity contribution >= 4 is 36.3 Å². The molecule has 0 radical (unpaired) electrons. The molecule has 0 heterocycles. The number of carbonyl (C=O) groups is 1. The normalized spacial score (nSPS) is 14.6. The number of hydrogen-bond acceptors (Lipinski definition) is 4. The molecule has 2 aromatic carbocycles. The van der Waals surface area contributed by atoms with Crippen molar-refractivity contribution < 1.29 is 19.6 Å². The Hall–Kier alpha value is -1.42. The standard InChI is InChI=1S/C18H21O4PS/c1-13(2)10-18(21,17(19)20)11-23(22)12-24-16-8-7-14-5-3-4-6-15(14)9-16/h3-9,13,21H,10-12H2,1-2H3/p+1. The lowest BCUT2D eigenvalue weighted by Crippen LogP contribution is -2.42. The van der Waals surface area contributed by atoms with Crippen LogP contribution in [0.5, 0.6) is 0 Å². The predicted octanol–water partition coefficient (Wildman–Crippen LogP) is 4.58. The molecule has 24 heavy (non-hydrogen) atoms. The number of rotatable bonds is 8. The second-order valence-electron chi connectivity index (χ2n) is 6.36. The Morgan fingerprint density at radius 3 is 2.50 bits per heavy atom. The average molecular weight is 365 g/mol. The van der Waals surface area contributed by atoms with Crippen molar-refractivity contribution in [1.82, 2.24) is 0 Å². The van der Waals surface area contributed by atoms with Crippen LogP contribution in [0.1, 0.15) is 20.3 Å². The summed E-state index contributed by atoms with van der Waals surface area (Å²) in [5.41, 5.74) is -1.62. The fourth-order valence-electron chi connectivity index (χ4n) is 2.64. The minimum atomic E-state index is -1.91. The van der Waals surface area contributed by atoms with Gasteiger partial charge in [0.05, 0.1) is 0 Å². The van der Waals surface area contributed by atoms with Crippen LogP contribution >= 0.6 is 19.6 Å². The number of fused-ring (bicyclic) bond motifs is 1. The van der Waals surface area contributed by atoms with Crippen molar-refractivity contribution in [3.05, 3.63) is 42.5 Å². The average Bonchev–Trinajstić information content (AvgIpc) is 2.51. The third kappa shape index (κ3) is 5.04. The van der Waals surface area contributed by atoms with E-state index in [1.807, 2.05) is 56.3 Å². The third-order valence-electron chi connectivity index (χ3n) is 3.68. The second-order valence-corrected chi connectivity index (χ2v) is 9.43. The van der Waals surface area contributed by atoms with Crippen molar-refractivity contribution in [2.24, 2.45) is 5.92 Å². The fraction of sp³-hybridized carbons (Fsp3) is 0.389. The van der Waals surface area contributed by atoms with E-state index in [4.69, 9.17) is 0 Å². The van der Waals surface area contributed by atoms with Gasteiger partial charge in [0.1, 0.15) is 0 Å². The summed E-state index contributed by atoms with van der Waals surface area (Å²) in [6.07, 6.45) is -0.111. The molecular weight excluding hydrogens is 343 g/mol. The van der Waals surface area contributed by atoms with Gasteiger partial charge in [0.15, 0.2) is 11.7 Å². The van der Waals surface area contributed by atoms with Gasteiger partial charge in [0, 0.05) is 4.90 Å². The summed E-state index contributed by atoms with van der Waals surface area (Å²) < 4.78 is 12.3. The van der Waals surface area contributed by atoms with Crippen LogP contribution < -0.4 is 0 Å².